The molecule has 90 valence electrons. The first-order valence-corrected chi connectivity index (χ1v) is 6.00. The van der Waals surface area contributed by atoms with Crippen molar-refractivity contribution in [2.75, 3.05) is 11.9 Å². The molecule has 1 aromatic carbocycles. The van der Waals surface area contributed by atoms with Gasteiger partial charge in [-0.15, -0.1) is 5.10 Å². The van der Waals surface area contributed by atoms with Crippen molar-refractivity contribution in [2.45, 2.75) is 20.4 Å². The lowest BCUT2D eigenvalue weighted by Crippen LogP contribution is -2.15. The summed E-state index contributed by atoms with van der Waals surface area (Å²) in [6.07, 6.45) is 0. The van der Waals surface area contributed by atoms with Gasteiger partial charge in [0.2, 0.25) is 5.95 Å². The topological polar surface area (TPSA) is 36.9 Å². The van der Waals surface area contributed by atoms with Crippen molar-refractivity contribution in [3.05, 3.63) is 34.6 Å². The fraction of sp³-hybridized carbons (Fsp3) is 0.333. The van der Waals surface area contributed by atoms with Gasteiger partial charge in [-0.3, -0.25) is 4.57 Å². The van der Waals surface area contributed by atoms with Crippen molar-refractivity contribution in [1.82, 2.24) is 14.8 Å². The molecule has 5 heteroatoms. The molecule has 17 heavy (non-hydrogen) atoms. The minimum atomic E-state index is 0.654. The second kappa shape index (κ2) is 4.71. The number of nitrogens with zero attached hydrogens (tertiary/aromatic N) is 3. The second-order valence-corrected chi connectivity index (χ2v) is 4.35. The Morgan fingerprint density at radius 1 is 1.35 bits per heavy atom. The van der Waals surface area contributed by atoms with Gasteiger partial charge >= 0.3 is 0 Å². The minimum Gasteiger partial charge on any atom is -0.314 e. The Balaban J connectivity index is 2.39. The van der Waals surface area contributed by atoms with Crippen LogP contribution in [0.3, 0.4) is 0 Å². The summed E-state index contributed by atoms with van der Waals surface area (Å²) in [6.45, 7) is 4.94. The third-order valence-corrected chi connectivity index (χ3v) is 3.09. The van der Waals surface area contributed by atoms with Crippen LogP contribution in [0.15, 0.2) is 24.3 Å². The lowest BCUT2D eigenvalue weighted by atomic mass is 10.2. The quantitative estimate of drug-likeness (QED) is 0.848. The Kier molecular flexibility index (Phi) is 3.28. The van der Waals surface area contributed by atoms with Gasteiger partial charge in [-0.2, -0.15) is 0 Å². The van der Waals surface area contributed by atoms with Crippen LogP contribution in [0, 0.1) is 11.7 Å². The average molecular weight is 248 g/mol. The van der Waals surface area contributed by atoms with E-state index in [0.29, 0.717) is 4.77 Å². The predicted octanol–water partition coefficient (Wildman–Crippen LogP) is 3.04. The highest BCUT2D eigenvalue weighted by atomic mass is 32.1. The van der Waals surface area contributed by atoms with Crippen LogP contribution in [0.4, 0.5) is 11.6 Å². The van der Waals surface area contributed by atoms with Crippen LogP contribution in [0.1, 0.15) is 12.5 Å². The summed E-state index contributed by atoms with van der Waals surface area (Å²) in [7, 11) is 1.99. The van der Waals surface area contributed by atoms with E-state index in [-0.39, 0.29) is 0 Å². The molecule has 4 nitrogen and oxygen atoms in total. The molecule has 0 saturated heterocycles. The second-order valence-electron chi connectivity index (χ2n) is 3.97. The van der Waals surface area contributed by atoms with Gasteiger partial charge in [0.1, 0.15) is 0 Å². The number of benzene rings is 1. The van der Waals surface area contributed by atoms with Gasteiger partial charge in [-0.05, 0) is 38.2 Å². The molecule has 2 aromatic rings. The lowest BCUT2D eigenvalue weighted by molar-refractivity contribution is 0.742. The molecule has 0 unspecified atom stereocenters. The third kappa shape index (κ3) is 2.24. The molecular formula is C12H16N4S. The highest BCUT2D eigenvalue weighted by Gasteiger charge is 2.11. The molecule has 0 fully saturated rings. The van der Waals surface area contributed by atoms with Gasteiger partial charge in [-0.1, -0.05) is 17.7 Å². The van der Waals surface area contributed by atoms with Crippen LogP contribution in [0.5, 0.6) is 0 Å². The first kappa shape index (κ1) is 11.9. The molecule has 0 amide bonds. The molecule has 2 rings (SSSR count). The van der Waals surface area contributed by atoms with Crippen LogP contribution in [-0.4, -0.2) is 21.8 Å². The highest BCUT2D eigenvalue weighted by Crippen LogP contribution is 2.21. The minimum absolute atomic E-state index is 0.654. The maximum atomic E-state index is 5.18. The van der Waals surface area contributed by atoms with Crippen LogP contribution in [-0.2, 0) is 6.54 Å². The molecule has 1 heterocycles. The molecule has 0 bridgehead atoms. The number of aromatic nitrogens is 3. The summed E-state index contributed by atoms with van der Waals surface area (Å²) in [5.41, 5.74) is 2.34. The predicted molar refractivity (Wildman–Crippen MR) is 72.3 cm³/mol. The van der Waals surface area contributed by atoms with E-state index in [1.165, 1.54) is 5.56 Å². The molecule has 0 atom stereocenters. The zero-order valence-corrected chi connectivity index (χ0v) is 11.1. The van der Waals surface area contributed by atoms with E-state index in [1.807, 2.05) is 16.5 Å². The number of anilines is 2. The number of nitrogens with one attached hydrogen (secondary N) is 1. The molecular weight excluding hydrogens is 232 g/mol. The lowest BCUT2D eigenvalue weighted by Gasteiger charge is -2.18. The fourth-order valence-electron chi connectivity index (χ4n) is 1.73. The van der Waals surface area contributed by atoms with Gasteiger partial charge in [-0.25, -0.2) is 5.10 Å². The van der Waals surface area contributed by atoms with Crippen molar-refractivity contribution < 1.29 is 0 Å². The van der Waals surface area contributed by atoms with Crippen LogP contribution >= 0.6 is 12.2 Å². The largest absolute Gasteiger partial charge is 0.314 e. The van der Waals surface area contributed by atoms with Crippen LogP contribution in [0.25, 0.3) is 0 Å². The van der Waals surface area contributed by atoms with E-state index in [9.17, 15) is 0 Å². The molecule has 1 N–H and O–H groups in total. The zero-order chi connectivity index (χ0) is 12.4. The average Bonchev–Trinajstić information content (AvgIpc) is 2.70. The van der Waals surface area contributed by atoms with E-state index in [1.54, 1.807) is 0 Å². The maximum Gasteiger partial charge on any atom is 0.229 e. The SMILES string of the molecule is CCn1c(N(C)c2ccc(C)cc2)n[nH]c1=S. The smallest absolute Gasteiger partial charge is 0.229 e. The Morgan fingerprint density at radius 3 is 2.59 bits per heavy atom. The van der Waals surface area contributed by atoms with E-state index in [4.69, 9.17) is 12.2 Å². The number of aromatic amines is 1. The standard InChI is InChI=1S/C12H16N4S/c1-4-16-11(13-14-12(16)17)15(3)10-7-5-9(2)6-8-10/h5-8H,4H2,1-3H3,(H,14,17). The monoisotopic (exact) mass is 248 g/mol. The van der Waals surface area contributed by atoms with Crippen molar-refractivity contribution in [2.24, 2.45) is 0 Å². The Labute approximate surface area is 106 Å². The van der Waals surface area contributed by atoms with E-state index >= 15 is 0 Å². The molecule has 0 aliphatic heterocycles. The van der Waals surface area contributed by atoms with Crippen LogP contribution in [0.2, 0.25) is 0 Å². The number of aryl methyl sites for hydroxylation is 1. The molecule has 0 radical (unpaired) electrons. The Bertz CT molecular complexity index is 553. The molecule has 0 saturated carbocycles. The first-order valence-electron chi connectivity index (χ1n) is 5.59. The molecule has 0 aliphatic carbocycles. The van der Waals surface area contributed by atoms with Gasteiger partial charge in [0, 0.05) is 19.3 Å². The molecule has 0 spiro atoms. The summed E-state index contributed by atoms with van der Waals surface area (Å²) in [6, 6.07) is 8.33. The van der Waals surface area contributed by atoms with Gasteiger partial charge in [0.25, 0.3) is 0 Å². The number of hydrogen-bond donors (Lipinski definition) is 1. The first-order chi connectivity index (χ1) is 8.13. The maximum absolute atomic E-state index is 5.18. The van der Waals surface area contributed by atoms with E-state index < -0.39 is 0 Å². The van der Waals surface area contributed by atoms with Gasteiger partial charge < -0.3 is 4.90 Å². The number of H-pyrrole nitrogens is 1. The molecule has 1 aromatic heterocycles. The summed E-state index contributed by atoms with van der Waals surface area (Å²) >= 11 is 5.18. The Morgan fingerprint density at radius 2 is 2.00 bits per heavy atom. The van der Waals surface area contributed by atoms with Gasteiger partial charge in [0.05, 0.1) is 0 Å². The summed E-state index contributed by atoms with van der Waals surface area (Å²) in [5.74, 6) is 0.835. The van der Waals surface area contributed by atoms with Crippen molar-refractivity contribution in [1.29, 1.82) is 0 Å². The van der Waals surface area contributed by atoms with Crippen molar-refractivity contribution in [3.63, 3.8) is 0 Å². The zero-order valence-electron chi connectivity index (χ0n) is 10.3. The summed E-state index contributed by atoms with van der Waals surface area (Å²) in [5, 5.41) is 7.08. The van der Waals surface area contributed by atoms with E-state index in [2.05, 4.69) is 48.3 Å². The Hall–Kier alpha value is -1.62. The summed E-state index contributed by atoms with van der Waals surface area (Å²) < 4.78 is 2.62. The third-order valence-electron chi connectivity index (χ3n) is 2.78. The van der Waals surface area contributed by atoms with E-state index in [0.717, 1.165) is 18.2 Å². The summed E-state index contributed by atoms with van der Waals surface area (Å²) in [4.78, 5) is 2.02. The normalized spacial score (nSPS) is 10.5. The fourth-order valence-corrected chi connectivity index (χ4v) is 1.99. The van der Waals surface area contributed by atoms with Crippen molar-refractivity contribution >= 4 is 23.9 Å². The van der Waals surface area contributed by atoms with Crippen molar-refractivity contribution in [3.8, 4) is 0 Å². The van der Waals surface area contributed by atoms with Gasteiger partial charge in [0.15, 0.2) is 4.77 Å². The number of hydrogen-bond acceptors (Lipinski definition) is 3. The highest BCUT2D eigenvalue weighted by molar-refractivity contribution is 7.71. The van der Waals surface area contributed by atoms with Crippen LogP contribution < -0.4 is 4.90 Å². The number of rotatable bonds is 3. The molecule has 0 aliphatic rings.